The Balaban J connectivity index is 1.81. The van der Waals surface area contributed by atoms with E-state index in [1.807, 2.05) is 0 Å². The standard InChI is InChI=1S/C17H23ClN2O5/c1-23-15-12(18)7-11(14-16(15)25-6-2-5-24-14)17(22)20-8-10-3-4-19-9-13(10)21/h7,10,13,19,21H,2-6,8-9H2,1H3,(H,20,22)/t10-,13+/m0/s1. The minimum Gasteiger partial charge on any atom is -0.491 e. The lowest BCUT2D eigenvalue weighted by Crippen LogP contribution is -2.45. The van der Waals surface area contributed by atoms with Crippen molar-refractivity contribution >= 4 is 17.5 Å². The van der Waals surface area contributed by atoms with Crippen molar-refractivity contribution in [3.63, 3.8) is 0 Å². The quantitative estimate of drug-likeness (QED) is 0.738. The molecule has 2 atom stereocenters. The lowest BCUT2D eigenvalue weighted by molar-refractivity contribution is 0.0752. The molecule has 2 aliphatic heterocycles. The molecule has 25 heavy (non-hydrogen) atoms. The summed E-state index contributed by atoms with van der Waals surface area (Å²) >= 11 is 6.25. The zero-order valence-corrected chi connectivity index (χ0v) is 14.9. The summed E-state index contributed by atoms with van der Waals surface area (Å²) in [6, 6.07) is 1.53. The van der Waals surface area contributed by atoms with Crippen LogP contribution in [0.1, 0.15) is 23.2 Å². The van der Waals surface area contributed by atoms with E-state index in [9.17, 15) is 9.90 Å². The van der Waals surface area contributed by atoms with Crippen LogP contribution in [0.4, 0.5) is 0 Å². The predicted molar refractivity (Wildman–Crippen MR) is 92.9 cm³/mol. The fourth-order valence-corrected chi connectivity index (χ4v) is 3.36. The summed E-state index contributed by atoms with van der Waals surface area (Å²) in [4.78, 5) is 12.7. The Morgan fingerprint density at radius 3 is 2.92 bits per heavy atom. The van der Waals surface area contributed by atoms with Gasteiger partial charge >= 0.3 is 0 Å². The third-order valence-electron chi connectivity index (χ3n) is 4.49. The Morgan fingerprint density at radius 2 is 2.20 bits per heavy atom. The number of aliphatic hydroxyl groups excluding tert-OH is 1. The molecule has 7 nitrogen and oxygen atoms in total. The molecule has 3 rings (SSSR count). The van der Waals surface area contributed by atoms with Crippen molar-refractivity contribution in [2.24, 2.45) is 5.92 Å². The monoisotopic (exact) mass is 370 g/mol. The summed E-state index contributed by atoms with van der Waals surface area (Å²) in [5.74, 6) is 0.789. The lowest BCUT2D eigenvalue weighted by atomic mass is 9.95. The van der Waals surface area contributed by atoms with Gasteiger partial charge in [-0.15, -0.1) is 0 Å². The van der Waals surface area contributed by atoms with E-state index in [0.29, 0.717) is 60.6 Å². The van der Waals surface area contributed by atoms with Crippen LogP contribution in [0.25, 0.3) is 0 Å². The first-order valence-corrected chi connectivity index (χ1v) is 8.82. The molecule has 0 radical (unpaired) electrons. The fraction of sp³-hybridized carbons (Fsp3) is 0.588. The zero-order valence-electron chi connectivity index (χ0n) is 14.1. The molecule has 8 heteroatoms. The Kier molecular flexibility index (Phi) is 5.88. The van der Waals surface area contributed by atoms with E-state index in [4.69, 9.17) is 25.8 Å². The molecule has 1 saturated heterocycles. The predicted octanol–water partition coefficient (Wildman–Crippen LogP) is 1.21. The highest BCUT2D eigenvalue weighted by molar-refractivity contribution is 6.33. The zero-order chi connectivity index (χ0) is 17.8. The highest BCUT2D eigenvalue weighted by atomic mass is 35.5. The molecular weight excluding hydrogens is 348 g/mol. The topological polar surface area (TPSA) is 89.1 Å². The van der Waals surface area contributed by atoms with Gasteiger partial charge in [0.15, 0.2) is 11.5 Å². The Hall–Kier alpha value is -1.70. The second kappa shape index (κ2) is 8.12. The molecule has 1 fully saturated rings. The van der Waals surface area contributed by atoms with E-state index in [-0.39, 0.29) is 11.8 Å². The van der Waals surface area contributed by atoms with Crippen LogP contribution >= 0.6 is 11.6 Å². The number of hydrogen-bond donors (Lipinski definition) is 3. The third kappa shape index (κ3) is 3.94. The molecule has 0 spiro atoms. The molecule has 0 bridgehead atoms. The van der Waals surface area contributed by atoms with Crippen molar-refractivity contribution in [1.29, 1.82) is 0 Å². The number of hydrogen-bond acceptors (Lipinski definition) is 6. The minimum atomic E-state index is -0.467. The number of methoxy groups -OCH3 is 1. The van der Waals surface area contributed by atoms with Gasteiger partial charge in [-0.25, -0.2) is 0 Å². The highest BCUT2D eigenvalue weighted by Crippen LogP contribution is 2.46. The summed E-state index contributed by atoms with van der Waals surface area (Å²) in [6.45, 7) is 2.68. The van der Waals surface area contributed by atoms with E-state index in [1.165, 1.54) is 13.2 Å². The molecule has 2 aliphatic rings. The maximum Gasteiger partial charge on any atom is 0.255 e. The SMILES string of the molecule is COc1c(Cl)cc(C(=O)NC[C@@H]2CCNC[C@H]2O)c2c1OCCCO2. The van der Waals surface area contributed by atoms with Crippen LogP contribution < -0.4 is 24.8 Å². The number of fused-ring (bicyclic) bond motifs is 1. The van der Waals surface area contributed by atoms with E-state index >= 15 is 0 Å². The Bertz CT molecular complexity index is 640. The van der Waals surface area contributed by atoms with E-state index in [2.05, 4.69) is 10.6 Å². The average Bonchev–Trinajstić information content (AvgIpc) is 2.86. The Labute approximate surface area is 151 Å². The van der Waals surface area contributed by atoms with Gasteiger partial charge in [-0.3, -0.25) is 4.79 Å². The van der Waals surface area contributed by atoms with Gasteiger partial charge in [-0.2, -0.15) is 0 Å². The number of carbonyl (C=O) groups is 1. The molecule has 3 N–H and O–H groups in total. The number of aliphatic hydroxyl groups is 1. The minimum absolute atomic E-state index is 0.0229. The van der Waals surface area contributed by atoms with E-state index in [1.54, 1.807) is 0 Å². The number of nitrogens with one attached hydrogen (secondary N) is 2. The van der Waals surface area contributed by atoms with Gasteiger partial charge in [0.25, 0.3) is 5.91 Å². The maximum atomic E-state index is 12.7. The van der Waals surface area contributed by atoms with Crippen molar-refractivity contribution in [2.45, 2.75) is 18.9 Å². The molecule has 1 aromatic rings. The molecule has 0 saturated carbocycles. The van der Waals surface area contributed by atoms with E-state index in [0.717, 1.165) is 13.0 Å². The molecule has 1 amide bonds. The number of rotatable bonds is 4. The summed E-state index contributed by atoms with van der Waals surface area (Å²) in [5, 5.41) is 16.3. The third-order valence-corrected chi connectivity index (χ3v) is 4.77. The lowest BCUT2D eigenvalue weighted by Gasteiger charge is -2.28. The molecule has 1 aromatic carbocycles. The van der Waals surface area contributed by atoms with Crippen LogP contribution in [0, 0.1) is 5.92 Å². The number of benzene rings is 1. The van der Waals surface area contributed by atoms with Gasteiger partial charge in [0.1, 0.15) is 0 Å². The van der Waals surface area contributed by atoms with Crippen molar-refractivity contribution in [3.05, 3.63) is 16.7 Å². The van der Waals surface area contributed by atoms with Gasteiger partial charge in [0, 0.05) is 25.4 Å². The molecule has 138 valence electrons. The van der Waals surface area contributed by atoms with Gasteiger partial charge in [0.05, 0.1) is 37.0 Å². The second-order valence-electron chi connectivity index (χ2n) is 6.18. The highest BCUT2D eigenvalue weighted by Gasteiger charge is 2.28. The normalized spacial score (nSPS) is 22.8. The number of ether oxygens (including phenoxy) is 3. The summed E-state index contributed by atoms with van der Waals surface area (Å²) in [6.07, 6.45) is 1.05. The first kappa shape index (κ1) is 18.1. The number of amides is 1. The van der Waals surface area contributed by atoms with Crippen LogP contribution in [-0.4, -0.2) is 57.1 Å². The number of carbonyl (C=O) groups excluding carboxylic acids is 1. The summed E-state index contributed by atoms with van der Waals surface area (Å²) < 4.78 is 16.7. The van der Waals surface area contributed by atoms with Gasteiger partial charge in [-0.05, 0) is 19.0 Å². The van der Waals surface area contributed by atoms with E-state index < -0.39 is 6.10 Å². The first-order chi connectivity index (χ1) is 12.1. The number of β-amino-alcohol motifs (C(OH)–C–C–N with tert-alkyl or cyclic N) is 1. The van der Waals surface area contributed by atoms with Crippen LogP contribution in [-0.2, 0) is 0 Å². The van der Waals surface area contributed by atoms with Gasteiger partial charge < -0.3 is 30.0 Å². The molecule has 2 heterocycles. The number of piperidine rings is 1. The fourth-order valence-electron chi connectivity index (χ4n) is 3.09. The molecule has 0 aromatic heterocycles. The number of halogens is 1. The van der Waals surface area contributed by atoms with Crippen molar-refractivity contribution in [2.75, 3.05) is 40.0 Å². The van der Waals surface area contributed by atoms with Crippen LogP contribution in [0.3, 0.4) is 0 Å². The van der Waals surface area contributed by atoms with Gasteiger partial charge in [0.2, 0.25) is 5.75 Å². The smallest absolute Gasteiger partial charge is 0.255 e. The van der Waals surface area contributed by atoms with Crippen molar-refractivity contribution in [1.82, 2.24) is 10.6 Å². The summed E-state index contributed by atoms with van der Waals surface area (Å²) in [5.41, 5.74) is 0.311. The summed E-state index contributed by atoms with van der Waals surface area (Å²) in [7, 11) is 1.49. The first-order valence-electron chi connectivity index (χ1n) is 8.45. The maximum absolute atomic E-state index is 12.7. The average molecular weight is 371 g/mol. The molecule has 0 unspecified atom stereocenters. The molecular formula is C17H23ClN2O5. The van der Waals surface area contributed by atoms with Crippen LogP contribution in [0.5, 0.6) is 17.2 Å². The van der Waals surface area contributed by atoms with Crippen LogP contribution in [0.15, 0.2) is 6.07 Å². The van der Waals surface area contributed by atoms with Crippen molar-refractivity contribution < 1.29 is 24.1 Å². The van der Waals surface area contributed by atoms with Crippen LogP contribution in [0.2, 0.25) is 5.02 Å². The largest absolute Gasteiger partial charge is 0.491 e. The van der Waals surface area contributed by atoms with Gasteiger partial charge in [-0.1, -0.05) is 11.6 Å². The van der Waals surface area contributed by atoms with Crippen molar-refractivity contribution in [3.8, 4) is 17.2 Å². The second-order valence-corrected chi connectivity index (χ2v) is 6.59. The molecule has 0 aliphatic carbocycles. The Morgan fingerprint density at radius 1 is 1.44 bits per heavy atom.